The van der Waals surface area contributed by atoms with Crippen LogP contribution in [0.5, 0.6) is 0 Å². The number of fused-ring (bicyclic) bond motifs is 1. The number of carbonyl (C=O) groups excluding carboxylic acids is 2. The number of aromatic amines is 1. The minimum absolute atomic E-state index is 0.273. The van der Waals surface area contributed by atoms with Crippen molar-refractivity contribution in [2.45, 2.75) is 32.8 Å². The largest absolute Gasteiger partial charge is 0.462 e. The Morgan fingerprint density at radius 2 is 1.61 bits per heavy atom. The molecule has 3 aromatic rings. The molecule has 1 N–H and O–H groups in total. The molecule has 7 nitrogen and oxygen atoms in total. The summed E-state index contributed by atoms with van der Waals surface area (Å²) in [6.45, 7) is 5.15. The first-order valence-corrected chi connectivity index (χ1v) is 10.1. The van der Waals surface area contributed by atoms with E-state index in [1.165, 1.54) is 4.68 Å². The number of hydrogen-bond donors (Lipinski definition) is 1. The molecular formula is C24H23N3O4. The Morgan fingerprint density at radius 1 is 1.00 bits per heavy atom. The van der Waals surface area contributed by atoms with Crippen molar-refractivity contribution in [1.82, 2.24) is 9.66 Å². The Morgan fingerprint density at radius 3 is 2.23 bits per heavy atom. The van der Waals surface area contributed by atoms with Crippen molar-refractivity contribution < 1.29 is 14.3 Å². The summed E-state index contributed by atoms with van der Waals surface area (Å²) in [7, 11) is 0. The van der Waals surface area contributed by atoms with Crippen LogP contribution >= 0.6 is 0 Å². The second-order valence-electron chi connectivity index (χ2n) is 7.78. The Kier molecular flexibility index (Phi) is 5.42. The van der Waals surface area contributed by atoms with Gasteiger partial charge in [-0.15, -0.1) is 0 Å². The van der Waals surface area contributed by atoms with Crippen molar-refractivity contribution in [3.8, 4) is 11.3 Å². The summed E-state index contributed by atoms with van der Waals surface area (Å²) >= 11 is 0. The van der Waals surface area contributed by atoms with Gasteiger partial charge >= 0.3 is 11.7 Å². The number of ketones is 1. The highest BCUT2D eigenvalue weighted by molar-refractivity contribution is 6.12. The first-order chi connectivity index (χ1) is 14.9. The highest BCUT2D eigenvalue weighted by Gasteiger charge is 2.45. The van der Waals surface area contributed by atoms with E-state index in [4.69, 9.17) is 4.74 Å². The van der Waals surface area contributed by atoms with Crippen molar-refractivity contribution in [3.63, 3.8) is 0 Å². The maximum Gasteiger partial charge on any atom is 0.346 e. The fraction of sp³-hybridized carbons (Fsp3) is 0.250. The van der Waals surface area contributed by atoms with Gasteiger partial charge in [0.25, 0.3) is 0 Å². The summed E-state index contributed by atoms with van der Waals surface area (Å²) in [6.07, 6.45) is -0.350. The van der Waals surface area contributed by atoms with E-state index >= 15 is 0 Å². The minimum atomic E-state index is -0.958. The van der Waals surface area contributed by atoms with Gasteiger partial charge in [0.05, 0.1) is 29.1 Å². The van der Waals surface area contributed by atoms with Gasteiger partial charge in [-0.3, -0.25) is 9.59 Å². The number of H-pyrrole nitrogens is 1. The van der Waals surface area contributed by atoms with E-state index in [0.717, 1.165) is 5.56 Å². The molecule has 4 rings (SSSR count). The average molecular weight is 417 g/mol. The lowest BCUT2D eigenvalue weighted by Crippen LogP contribution is -2.41. The van der Waals surface area contributed by atoms with Gasteiger partial charge in [0.2, 0.25) is 0 Å². The van der Waals surface area contributed by atoms with Crippen LogP contribution in [0.1, 0.15) is 42.7 Å². The molecule has 0 fully saturated rings. The molecule has 1 aromatic heterocycles. The van der Waals surface area contributed by atoms with Crippen LogP contribution in [0.15, 0.2) is 70.6 Å². The maximum atomic E-state index is 13.7. The smallest absolute Gasteiger partial charge is 0.346 e. The third-order valence-electron chi connectivity index (χ3n) is 5.25. The maximum absolute atomic E-state index is 13.7. The van der Waals surface area contributed by atoms with Crippen molar-refractivity contribution in [3.05, 3.63) is 82.4 Å². The van der Waals surface area contributed by atoms with Crippen LogP contribution in [0.25, 0.3) is 11.3 Å². The number of nitrogens with zero attached hydrogens (tertiary/aromatic N) is 2. The van der Waals surface area contributed by atoms with Crippen LogP contribution < -0.4 is 5.69 Å². The molecular weight excluding hydrogens is 394 g/mol. The molecule has 1 aliphatic heterocycles. The summed E-state index contributed by atoms with van der Waals surface area (Å²) in [6, 6.07) is 18.0. The number of aromatic nitrogens is 2. The summed E-state index contributed by atoms with van der Waals surface area (Å²) < 4.78 is 6.67. The molecule has 7 heteroatoms. The molecule has 0 radical (unpaired) electrons. The Labute approximate surface area is 179 Å². The molecule has 0 amide bonds. The van der Waals surface area contributed by atoms with Gasteiger partial charge in [0, 0.05) is 5.56 Å². The van der Waals surface area contributed by atoms with Gasteiger partial charge in [0.15, 0.2) is 5.78 Å². The quantitative estimate of drug-likeness (QED) is 0.507. The number of ether oxygens (including phenoxy) is 1. The van der Waals surface area contributed by atoms with Crippen molar-refractivity contribution in [2.24, 2.45) is 11.0 Å². The standard InChI is InChI=1S/C24H23N3O4/c1-14(2)31-23(29)18-15(3)26-27-21(19(18)22(28)17-12-8-5-9-13-17)20(25-24(27)30)16-10-6-4-7-11-16/h4-14,18-19H,1-3H3,(H,25,30). The van der Waals surface area contributed by atoms with E-state index in [0.29, 0.717) is 22.7 Å². The van der Waals surface area contributed by atoms with Crippen LogP contribution in [-0.2, 0) is 9.53 Å². The van der Waals surface area contributed by atoms with E-state index in [1.54, 1.807) is 45.0 Å². The molecule has 0 aliphatic carbocycles. The first-order valence-electron chi connectivity index (χ1n) is 10.1. The fourth-order valence-corrected chi connectivity index (χ4v) is 3.94. The number of esters is 1. The zero-order valence-corrected chi connectivity index (χ0v) is 17.5. The first kappa shape index (κ1) is 20.5. The zero-order chi connectivity index (χ0) is 22.1. The molecule has 31 heavy (non-hydrogen) atoms. The molecule has 2 atom stereocenters. The van der Waals surface area contributed by atoms with Gasteiger partial charge < -0.3 is 9.72 Å². The van der Waals surface area contributed by atoms with Crippen molar-refractivity contribution in [2.75, 3.05) is 0 Å². The van der Waals surface area contributed by atoms with Gasteiger partial charge in [-0.05, 0) is 26.3 Å². The molecule has 0 bridgehead atoms. The third-order valence-corrected chi connectivity index (χ3v) is 5.25. The predicted molar refractivity (Wildman–Crippen MR) is 117 cm³/mol. The van der Waals surface area contributed by atoms with Gasteiger partial charge in [-0.25, -0.2) is 4.79 Å². The van der Waals surface area contributed by atoms with Crippen LogP contribution in [0.4, 0.5) is 0 Å². The van der Waals surface area contributed by atoms with Gasteiger partial charge in [-0.2, -0.15) is 9.78 Å². The lowest BCUT2D eigenvalue weighted by molar-refractivity contribution is -0.150. The van der Waals surface area contributed by atoms with Gasteiger partial charge in [-0.1, -0.05) is 60.7 Å². The monoisotopic (exact) mass is 417 g/mol. The van der Waals surface area contributed by atoms with Crippen LogP contribution in [-0.4, -0.2) is 33.2 Å². The van der Waals surface area contributed by atoms with E-state index < -0.39 is 23.5 Å². The molecule has 2 unspecified atom stereocenters. The lowest BCUT2D eigenvalue weighted by atomic mass is 9.78. The second kappa shape index (κ2) is 8.18. The number of nitrogens with one attached hydrogen (secondary N) is 1. The third kappa shape index (κ3) is 3.74. The number of imidazole rings is 1. The van der Waals surface area contributed by atoms with E-state index in [1.807, 2.05) is 36.4 Å². The topological polar surface area (TPSA) is 93.5 Å². The van der Waals surface area contributed by atoms with E-state index in [2.05, 4.69) is 10.1 Å². The van der Waals surface area contributed by atoms with Crippen LogP contribution in [0, 0.1) is 5.92 Å². The second-order valence-corrected chi connectivity index (χ2v) is 7.78. The molecule has 0 saturated carbocycles. The minimum Gasteiger partial charge on any atom is -0.462 e. The number of carbonyl (C=O) groups is 2. The SMILES string of the molecule is CC1=Nn2c(c(-c3ccccc3)[nH]c2=O)C(C(=O)c2ccccc2)C1C(=O)OC(C)C. The van der Waals surface area contributed by atoms with Crippen molar-refractivity contribution in [1.29, 1.82) is 0 Å². The van der Waals surface area contributed by atoms with E-state index in [9.17, 15) is 14.4 Å². The highest BCUT2D eigenvalue weighted by Crippen LogP contribution is 2.38. The number of benzene rings is 2. The number of rotatable bonds is 5. The molecule has 158 valence electrons. The fourth-order valence-electron chi connectivity index (χ4n) is 3.94. The molecule has 1 aliphatic rings. The average Bonchev–Trinajstić information content (AvgIpc) is 3.09. The summed E-state index contributed by atoms with van der Waals surface area (Å²) in [4.78, 5) is 42.3. The highest BCUT2D eigenvalue weighted by atomic mass is 16.5. The molecule has 0 saturated heterocycles. The number of Topliss-reactive ketones (excluding diaryl/α,β-unsaturated/α-hetero) is 1. The Balaban J connectivity index is 1.95. The zero-order valence-electron chi connectivity index (χ0n) is 17.5. The summed E-state index contributed by atoms with van der Waals surface area (Å²) in [5, 5.41) is 4.36. The number of hydrogen-bond acceptors (Lipinski definition) is 5. The van der Waals surface area contributed by atoms with Crippen LogP contribution in [0.2, 0.25) is 0 Å². The van der Waals surface area contributed by atoms with Crippen molar-refractivity contribution >= 4 is 17.5 Å². The molecule has 2 aromatic carbocycles. The van der Waals surface area contributed by atoms with Crippen LogP contribution in [0.3, 0.4) is 0 Å². The Hall–Kier alpha value is -3.74. The lowest BCUT2D eigenvalue weighted by Gasteiger charge is -2.29. The van der Waals surface area contributed by atoms with Gasteiger partial charge in [0.1, 0.15) is 5.92 Å². The predicted octanol–water partition coefficient (Wildman–Crippen LogP) is 3.62. The van der Waals surface area contributed by atoms with E-state index in [-0.39, 0.29) is 11.9 Å². The molecule has 0 spiro atoms. The summed E-state index contributed by atoms with van der Waals surface area (Å²) in [5.41, 5.74) is 1.90. The normalized spacial score (nSPS) is 17.7. The molecule has 2 heterocycles. The Bertz CT molecular complexity index is 1210. The summed E-state index contributed by atoms with van der Waals surface area (Å²) in [5.74, 6) is -2.71.